The molecule has 0 aliphatic heterocycles. The van der Waals surface area contributed by atoms with Gasteiger partial charge >= 0.3 is 6.18 Å². The van der Waals surface area contributed by atoms with Gasteiger partial charge in [0.25, 0.3) is 5.91 Å². The van der Waals surface area contributed by atoms with Gasteiger partial charge in [0.15, 0.2) is 0 Å². The molecule has 0 radical (unpaired) electrons. The molecule has 0 fully saturated rings. The Hall–Kier alpha value is -2.59. The van der Waals surface area contributed by atoms with Crippen molar-refractivity contribution in [3.8, 4) is 0 Å². The lowest BCUT2D eigenvalue weighted by molar-refractivity contribution is -0.136. The highest BCUT2D eigenvalue weighted by molar-refractivity contribution is 7.89. The summed E-state index contributed by atoms with van der Waals surface area (Å²) in [7, 11) is -0.646. The first-order chi connectivity index (χ1) is 13.3. The number of carbonyl (C=O) groups excluding carboxylic acids is 1. The molecule has 0 heterocycles. The van der Waals surface area contributed by atoms with E-state index in [-0.39, 0.29) is 16.5 Å². The lowest BCUT2D eigenvalue weighted by atomic mass is 10.1. The van der Waals surface area contributed by atoms with E-state index in [0.717, 1.165) is 18.2 Å². The summed E-state index contributed by atoms with van der Waals surface area (Å²) in [6.45, 7) is 3.29. The molecule has 0 atom stereocenters. The van der Waals surface area contributed by atoms with Gasteiger partial charge < -0.3 is 10.2 Å². The molecule has 2 rings (SSSR count). The van der Waals surface area contributed by atoms with Crippen LogP contribution in [-0.2, 0) is 16.2 Å². The van der Waals surface area contributed by atoms with E-state index in [0.29, 0.717) is 5.69 Å². The van der Waals surface area contributed by atoms with Gasteiger partial charge in [0.1, 0.15) is 0 Å². The normalized spacial score (nSPS) is 12.1. The van der Waals surface area contributed by atoms with Gasteiger partial charge in [-0.05, 0) is 50.2 Å². The van der Waals surface area contributed by atoms with Crippen LogP contribution in [0.5, 0.6) is 0 Å². The molecule has 6 nitrogen and oxygen atoms in total. The minimum atomic E-state index is -4.68. The summed E-state index contributed by atoms with van der Waals surface area (Å²) < 4.78 is 67.2. The van der Waals surface area contributed by atoms with E-state index in [1.807, 2.05) is 0 Å². The van der Waals surface area contributed by atoms with Gasteiger partial charge in [0, 0.05) is 31.4 Å². The predicted molar refractivity (Wildman–Crippen MR) is 106 cm³/mol. The monoisotopic (exact) mass is 429 g/mol. The highest BCUT2D eigenvalue weighted by atomic mass is 32.2. The van der Waals surface area contributed by atoms with Crippen molar-refractivity contribution < 1.29 is 26.4 Å². The minimum absolute atomic E-state index is 0.0820. The highest BCUT2D eigenvalue weighted by Crippen LogP contribution is 2.37. The second kappa shape index (κ2) is 8.42. The van der Waals surface area contributed by atoms with Crippen LogP contribution in [0.15, 0.2) is 47.4 Å². The number of sulfonamides is 1. The SMILES string of the molecule is CC(C)NS(=O)(=O)c1cccc(C(=O)Nc2ccc(N(C)C)cc2C(F)(F)F)c1. The number of carbonyl (C=O) groups is 1. The van der Waals surface area contributed by atoms with Crippen LogP contribution in [0, 0.1) is 0 Å². The summed E-state index contributed by atoms with van der Waals surface area (Å²) >= 11 is 0. The fraction of sp³-hybridized carbons (Fsp3) is 0.316. The fourth-order valence-corrected chi connectivity index (χ4v) is 3.83. The molecule has 10 heteroatoms. The van der Waals surface area contributed by atoms with Crippen molar-refractivity contribution in [3.05, 3.63) is 53.6 Å². The van der Waals surface area contributed by atoms with Crippen LogP contribution in [0.4, 0.5) is 24.5 Å². The predicted octanol–water partition coefficient (Wildman–Crippen LogP) is 3.71. The van der Waals surface area contributed by atoms with Crippen molar-refractivity contribution in [1.82, 2.24) is 4.72 Å². The van der Waals surface area contributed by atoms with E-state index < -0.39 is 33.4 Å². The summed E-state index contributed by atoms with van der Waals surface area (Å²) in [4.78, 5) is 13.9. The number of hydrogen-bond acceptors (Lipinski definition) is 4. The Balaban J connectivity index is 2.37. The van der Waals surface area contributed by atoms with Crippen LogP contribution in [0.2, 0.25) is 0 Å². The van der Waals surface area contributed by atoms with Gasteiger partial charge in [-0.3, -0.25) is 4.79 Å². The second-order valence-electron chi connectivity index (χ2n) is 6.88. The number of hydrogen-bond donors (Lipinski definition) is 2. The molecule has 2 aromatic carbocycles. The first-order valence-corrected chi connectivity index (χ1v) is 10.1. The summed E-state index contributed by atoms with van der Waals surface area (Å²) in [5, 5.41) is 2.23. The molecule has 158 valence electrons. The van der Waals surface area contributed by atoms with Crippen molar-refractivity contribution >= 4 is 27.3 Å². The Kier molecular flexibility index (Phi) is 6.59. The number of nitrogens with one attached hydrogen (secondary N) is 2. The Morgan fingerprint density at radius 2 is 1.72 bits per heavy atom. The molecular formula is C19H22F3N3O3S. The number of amides is 1. The van der Waals surface area contributed by atoms with Gasteiger partial charge in [0.05, 0.1) is 16.1 Å². The third-order valence-corrected chi connectivity index (χ3v) is 5.53. The number of nitrogens with zero attached hydrogens (tertiary/aromatic N) is 1. The Labute approximate surface area is 167 Å². The average molecular weight is 429 g/mol. The molecule has 0 spiro atoms. The molecule has 29 heavy (non-hydrogen) atoms. The van der Waals surface area contributed by atoms with Crippen LogP contribution in [0.1, 0.15) is 29.8 Å². The zero-order valence-electron chi connectivity index (χ0n) is 16.3. The van der Waals surface area contributed by atoms with Crippen LogP contribution >= 0.6 is 0 Å². The van der Waals surface area contributed by atoms with Gasteiger partial charge in [0.2, 0.25) is 10.0 Å². The van der Waals surface area contributed by atoms with Crippen molar-refractivity contribution in [3.63, 3.8) is 0 Å². The van der Waals surface area contributed by atoms with E-state index in [9.17, 15) is 26.4 Å². The van der Waals surface area contributed by atoms with Crippen LogP contribution < -0.4 is 14.9 Å². The van der Waals surface area contributed by atoms with E-state index in [4.69, 9.17) is 0 Å². The Bertz CT molecular complexity index is 1000. The van der Waals surface area contributed by atoms with E-state index in [1.54, 1.807) is 27.9 Å². The van der Waals surface area contributed by atoms with E-state index in [1.165, 1.54) is 29.2 Å². The molecule has 0 aliphatic carbocycles. The maximum Gasteiger partial charge on any atom is 0.418 e. The summed E-state index contributed by atoms with van der Waals surface area (Å²) in [6.07, 6.45) is -4.68. The minimum Gasteiger partial charge on any atom is -0.378 e. The third kappa shape index (κ3) is 5.70. The van der Waals surface area contributed by atoms with Gasteiger partial charge in [-0.25, -0.2) is 13.1 Å². The number of halogens is 3. The molecule has 1 amide bonds. The van der Waals surface area contributed by atoms with E-state index in [2.05, 4.69) is 10.0 Å². The zero-order chi connectivity index (χ0) is 22.0. The van der Waals surface area contributed by atoms with E-state index >= 15 is 0 Å². The summed E-state index contributed by atoms with van der Waals surface area (Å²) in [5.41, 5.74) is -1.17. The van der Waals surface area contributed by atoms with Gasteiger partial charge in [-0.15, -0.1) is 0 Å². The third-order valence-electron chi connectivity index (χ3n) is 3.87. The van der Waals surface area contributed by atoms with Crippen molar-refractivity contribution in [2.45, 2.75) is 31.0 Å². The maximum absolute atomic E-state index is 13.4. The van der Waals surface area contributed by atoms with Gasteiger partial charge in [-0.2, -0.15) is 13.2 Å². The fourth-order valence-electron chi connectivity index (χ4n) is 2.53. The number of anilines is 2. The van der Waals surface area contributed by atoms with Crippen molar-refractivity contribution in [2.75, 3.05) is 24.3 Å². The van der Waals surface area contributed by atoms with Crippen molar-refractivity contribution in [2.24, 2.45) is 0 Å². The topological polar surface area (TPSA) is 78.5 Å². The molecular weight excluding hydrogens is 407 g/mol. The Morgan fingerprint density at radius 3 is 2.28 bits per heavy atom. The smallest absolute Gasteiger partial charge is 0.378 e. The Morgan fingerprint density at radius 1 is 1.07 bits per heavy atom. The second-order valence-corrected chi connectivity index (χ2v) is 8.59. The molecule has 0 aromatic heterocycles. The maximum atomic E-state index is 13.4. The van der Waals surface area contributed by atoms with Crippen LogP contribution in [-0.4, -0.2) is 34.5 Å². The largest absolute Gasteiger partial charge is 0.418 e. The summed E-state index contributed by atoms with van der Waals surface area (Å²) in [5.74, 6) is -0.852. The number of rotatable bonds is 6. The molecule has 0 bridgehead atoms. The number of alkyl halides is 3. The highest BCUT2D eigenvalue weighted by Gasteiger charge is 2.34. The van der Waals surface area contributed by atoms with Crippen LogP contribution in [0.25, 0.3) is 0 Å². The quantitative estimate of drug-likeness (QED) is 0.734. The standard InChI is InChI=1S/C19H22F3N3O3S/c1-12(2)24-29(27,28)15-7-5-6-13(10-15)18(26)23-17-9-8-14(25(3)4)11-16(17)19(20,21)22/h5-12,24H,1-4H3,(H,23,26). The zero-order valence-corrected chi connectivity index (χ0v) is 17.1. The molecule has 2 aromatic rings. The molecule has 0 saturated carbocycles. The molecule has 2 N–H and O–H groups in total. The number of benzene rings is 2. The summed E-state index contributed by atoms with van der Waals surface area (Å²) in [6, 6.07) is 8.27. The lowest BCUT2D eigenvalue weighted by Crippen LogP contribution is -2.30. The first-order valence-electron chi connectivity index (χ1n) is 8.63. The van der Waals surface area contributed by atoms with Gasteiger partial charge in [-0.1, -0.05) is 6.07 Å². The molecule has 0 unspecified atom stereocenters. The van der Waals surface area contributed by atoms with Crippen LogP contribution in [0.3, 0.4) is 0 Å². The first kappa shape index (κ1) is 22.7. The lowest BCUT2D eigenvalue weighted by Gasteiger charge is -2.19. The average Bonchev–Trinajstić information content (AvgIpc) is 2.60. The molecule has 0 aliphatic rings. The molecule has 0 saturated heterocycles. The van der Waals surface area contributed by atoms with Crippen molar-refractivity contribution in [1.29, 1.82) is 0 Å².